The van der Waals surface area contributed by atoms with Crippen LogP contribution < -0.4 is 9.64 Å². The second-order valence-corrected chi connectivity index (χ2v) is 10.6. The second kappa shape index (κ2) is 9.72. The zero-order chi connectivity index (χ0) is 23.4. The summed E-state index contributed by atoms with van der Waals surface area (Å²) in [5, 5.41) is 0.483. The summed E-state index contributed by atoms with van der Waals surface area (Å²) in [4.78, 5) is 19.5. The molecule has 1 amide bonds. The van der Waals surface area contributed by atoms with Gasteiger partial charge in [-0.3, -0.25) is 9.69 Å². The van der Waals surface area contributed by atoms with Crippen LogP contribution in [-0.4, -0.2) is 32.2 Å². The molecular weight excluding hydrogens is 456 g/mol. The molecule has 8 heteroatoms. The van der Waals surface area contributed by atoms with Crippen LogP contribution in [0.15, 0.2) is 77.7 Å². The lowest BCUT2D eigenvalue weighted by atomic mass is 10.2. The van der Waals surface area contributed by atoms with Gasteiger partial charge in [-0.05, 0) is 53.9 Å². The molecule has 3 aromatic carbocycles. The summed E-state index contributed by atoms with van der Waals surface area (Å²) in [6.45, 7) is 2.32. The molecule has 1 aromatic heterocycles. The first-order valence-corrected chi connectivity index (χ1v) is 13.0. The quantitative estimate of drug-likeness (QED) is 0.359. The van der Waals surface area contributed by atoms with E-state index in [1.165, 1.54) is 41.0 Å². The predicted octanol–water partition coefficient (Wildman–Crippen LogP) is 4.87. The lowest BCUT2D eigenvalue weighted by molar-refractivity contribution is -0.116. The van der Waals surface area contributed by atoms with Gasteiger partial charge in [-0.25, -0.2) is 13.4 Å². The Morgan fingerprint density at radius 2 is 1.73 bits per heavy atom. The average molecular weight is 481 g/mol. The molecule has 1 heterocycles. The highest BCUT2D eigenvalue weighted by molar-refractivity contribution is 7.92. The maximum absolute atomic E-state index is 13.3. The zero-order valence-electron chi connectivity index (χ0n) is 18.4. The third-order valence-electron chi connectivity index (χ3n) is 5.30. The van der Waals surface area contributed by atoms with E-state index in [0.29, 0.717) is 10.9 Å². The Hall–Kier alpha value is -3.23. The van der Waals surface area contributed by atoms with E-state index >= 15 is 0 Å². The number of benzene rings is 3. The summed E-state index contributed by atoms with van der Waals surface area (Å²) in [5.74, 6) is -0.626. The molecule has 33 heavy (non-hydrogen) atoms. The number of aromatic nitrogens is 1. The maximum Gasteiger partial charge on any atom is 0.244 e. The van der Waals surface area contributed by atoms with Gasteiger partial charge >= 0.3 is 0 Å². The van der Waals surface area contributed by atoms with Crippen LogP contribution in [0, 0.1) is 0 Å². The number of sulfone groups is 1. The van der Waals surface area contributed by atoms with Crippen molar-refractivity contribution in [3.63, 3.8) is 0 Å². The molecule has 0 N–H and O–H groups in total. The Morgan fingerprint density at radius 3 is 2.39 bits per heavy atom. The Balaban J connectivity index is 1.67. The Bertz CT molecular complexity index is 1360. The summed E-state index contributed by atoms with van der Waals surface area (Å²) in [6, 6.07) is 21.5. The van der Waals surface area contributed by atoms with Crippen molar-refractivity contribution in [3.8, 4) is 5.75 Å². The van der Waals surface area contributed by atoms with E-state index in [4.69, 9.17) is 4.74 Å². The monoisotopic (exact) mass is 480 g/mol. The van der Waals surface area contributed by atoms with Crippen molar-refractivity contribution in [2.75, 3.05) is 17.8 Å². The largest absolute Gasteiger partial charge is 0.497 e. The number of amides is 1. The molecule has 0 unspecified atom stereocenters. The van der Waals surface area contributed by atoms with E-state index in [9.17, 15) is 13.2 Å². The second-order valence-electron chi connectivity index (χ2n) is 7.55. The number of thiazole rings is 1. The zero-order valence-corrected chi connectivity index (χ0v) is 20.0. The summed E-state index contributed by atoms with van der Waals surface area (Å²) in [6.07, 6.45) is 0.899. The van der Waals surface area contributed by atoms with Crippen LogP contribution in [0.4, 0.5) is 5.13 Å². The normalized spacial score (nSPS) is 11.5. The van der Waals surface area contributed by atoms with Crippen LogP contribution >= 0.6 is 11.3 Å². The standard InChI is InChI=1S/C25H24N2O4S2/c1-3-18-9-14-22-23(15-18)32-25(26-22)27(16-19-7-5-4-6-8-19)24(28)17-33(29,30)21-12-10-20(31-2)11-13-21/h4-15H,3,16-17H2,1-2H3. The van der Waals surface area contributed by atoms with Crippen LogP contribution in [0.3, 0.4) is 0 Å². The first-order valence-electron chi connectivity index (χ1n) is 10.5. The number of rotatable bonds is 8. The van der Waals surface area contributed by atoms with Crippen molar-refractivity contribution >= 4 is 42.4 Å². The molecule has 0 saturated carbocycles. The lowest BCUT2D eigenvalue weighted by Gasteiger charge is -2.20. The number of aryl methyl sites for hydroxylation is 1. The Labute approximate surface area is 197 Å². The molecule has 0 fully saturated rings. The van der Waals surface area contributed by atoms with Crippen molar-refractivity contribution in [1.82, 2.24) is 4.98 Å². The van der Waals surface area contributed by atoms with Crippen molar-refractivity contribution in [1.29, 1.82) is 0 Å². The van der Waals surface area contributed by atoms with Gasteiger partial charge in [0.2, 0.25) is 5.91 Å². The number of anilines is 1. The van der Waals surface area contributed by atoms with Gasteiger partial charge in [0.1, 0.15) is 11.5 Å². The van der Waals surface area contributed by atoms with E-state index < -0.39 is 21.5 Å². The molecule has 0 saturated heterocycles. The number of carbonyl (C=O) groups excluding carboxylic acids is 1. The fraction of sp³-hybridized carbons (Fsp3) is 0.200. The number of carbonyl (C=O) groups is 1. The van der Waals surface area contributed by atoms with E-state index in [-0.39, 0.29) is 11.4 Å². The van der Waals surface area contributed by atoms with E-state index in [0.717, 1.165) is 22.2 Å². The Kier molecular flexibility index (Phi) is 6.76. The van der Waals surface area contributed by atoms with Crippen LogP contribution in [0.1, 0.15) is 18.1 Å². The first kappa shape index (κ1) is 22.9. The van der Waals surface area contributed by atoms with Gasteiger partial charge in [-0.1, -0.05) is 54.7 Å². The molecule has 0 aliphatic rings. The minimum atomic E-state index is -3.84. The van der Waals surface area contributed by atoms with E-state index in [2.05, 4.69) is 18.0 Å². The molecule has 6 nitrogen and oxygen atoms in total. The number of ether oxygens (including phenoxy) is 1. The summed E-state index contributed by atoms with van der Waals surface area (Å²) >= 11 is 1.39. The number of hydrogen-bond donors (Lipinski definition) is 0. The molecule has 0 bridgehead atoms. The Morgan fingerprint density at radius 1 is 1.00 bits per heavy atom. The highest BCUT2D eigenvalue weighted by atomic mass is 32.2. The third-order valence-corrected chi connectivity index (χ3v) is 7.96. The fourth-order valence-corrected chi connectivity index (χ4v) is 5.67. The minimum absolute atomic E-state index is 0.0770. The topological polar surface area (TPSA) is 76.6 Å². The SMILES string of the molecule is CCc1ccc2nc(N(Cc3ccccc3)C(=O)CS(=O)(=O)c3ccc(OC)cc3)sc2c1. The molecule has 4 aromatic rings. The van der Waals surface area contributed by atoms with E-state index in [1.807, 2.05) is 42.5 Å². The van der Waals surface area contributed by atoms with Crippen LogP contribution in [0.2, 0.25) is 0 Å². The van der Waals surface area contributed by atoms with Crippen molar-refractivity contribution in [3.05, 3.63) is 83.9 Å². The summed E-state index contributed by atoms with van der Waals surface area (Å²) in [7, 11) is -2.33. The van der Waals surface area contributed by atoms with Crippen LogP contribution in [-0.2, 0) is 27.6 Å². The lowest BCUT2D eigenvalue weighted by Crippen LogP contribution is -2.35. The molecule has 0 spiro atoms. The number of methoxy groups -OCH3 is 1. The minimum Gasteiger partial charge on any atom is -0.497 e. The summed E-state index contributed by atoms with van der Waals surface area (Å²) in [5.41, 5.74) is 2.86. The van der Waals surface area contributed by atoms with Gasteiger partial charge in [-0.15, -0.1) is 0 Å². The van der Waals surface area contributed by atoms with Gasteiger partial charge in [0, 0.05) is 0 Å². The molecule has 0 aliphatic carbocycles. The van der Waals surface area contributed by atoms with Crippen LogP contribution in [0.25, 0.3) is 10.2 Å². The maximum atomic E-state index is 13.3. The third kappa shape index (κ3) is 5.23. The molecular formula is C25H24N2O4S2. The number of fused-ring (bicyclic) bond motifs is 1. The van der Waals surface area contributed by atoms with Crippen molar-refractivity contribution in [2.24, 2.45) is 0 Å². The molecule has 4 rings (SSSR count). The van der Waals surface area contributed by atoms with Gasteiger partial charge in [0.25, 0.3) is 0 Å². The van der Waals surface area contributed by atoms with E-state index in [1.54, 1.807) is 12.1 Å². The number of hydrogen-bond acceptors (Lipinski definition) is 6. The first-order chi connectivity index (χ1) is 15.9. The molecule has 170 valence electrons. The number of nitrogens with zero attached hydrogens (tertiary/aromatic N) is 2. The molecule has 0 aliphatic heterocycles. The fourth-order valence-electron chi connectivity index (χ4n) is 3.43. The smallest absolute Gasteiger partial charge is 0.244 e. The highest BCUT2D eigenvalue weighted by Gasteiger charge is 2.27. The van der Waals surface area contributed by atoms with Gasteiger partial charge < -0.3 is 4.74 Å². The van der Waals surface area contributed by atoms with Gasteiger partial charge in [0.15, 0.2) is 15.0 Å². The summed E-state index contributed by atoms with van der Waals surface area (Å²) < 4.78 is 32.0. The molecule has 0 atom stereocenters. The van der Waals surface area contributed by atoms with Gasteiger partial charge in [0.05, 0.1) is 28.8 Å². The van der Waals surface area contributed by atoms with Crippen molar-refractivity contribution in [2.45, 2.75) is 24.8 Å². The highest BCUT2D eigenvalue weighted by Crippen LogP contribution is 2.31. The molecule has 0 radical (unpaired) electrons. The van der Waals surface area contributed by atoms with Gasteiger partial charge in [-0.2, -0.15) is 0 Å². The predicted molar refractivity (Wildman–Crippen MR) is 132 cm³/mol. The average Bonchev–Trinajstić information content (AvgIpc) is 3.25. The van der Waals surface area contributed by atoms with Crippen molar-refractivity contribution < 1.29 is 17.9 Å². The van der Waals surface area contributed by atoms with Crippen LogP contribution in [0.5, 0.6) is 5.75 Å².